The van der Waals surface area contributed by atoms with Gasteiger partial charge in [0.1, 0.15) is 41.7 Å². The van der Waals surface area contributed by atoms with Gasteiger partial charge < -0.3 is 74.4 Å². The molecule has 7 rings (SSSR count). The number of anilines is 1. The lowest BCUT2D eigenvalue weighted by Crippen LogP contribution is -2.50. The average Bonchev–Trinajstić information content (AvgIpc) is 3.73. The first-order valence-electron chi connectivity index (χ1n) is 22.7. The Morgan fingerprint density at radius 3 is 2.22 bits per heavy atom. The number of piperazine rings is 1. The number of benzene rings is 2. The first-order chi connectivity index (χ1) is 32.1. The second kappa shape index (κ2) is 21.1. The molecule has 5 heterocycles. The zero-order valence-corrected chi connectivity index (χ0v) is 40.1. The Labute approximate surface area is 395 Å². The molecule has 5 aliphatic rings. The fraction of sp³-hybridized carbons (Fsp3) is 0.583. The number of hydrogen-bond donors (Lipinski definition) is 8. The number of hydrazone groups is 1. The van der Waals surface area contributed by atoms with Gasteiger partial charge in [-0.3, -0.25) is 19.4 Å². The Bertz CT molecular complexity index is 2340. The van der Waals surface area contributed by atoms with Gasteiger partial charge in [-0.15, -0.1) is 0 Å². The molecule has 13 atom stereocenters. The number of phenols is 3. The molecule has 0 saturated carbocycles. The van der Waals surface area contributed by atoms with Crippen LogP contribution in [0.15, 0.2) is 41.2 Å². The maximum atomic E-state index is 14.6. The number of esters is 1. The van der Waals surface area contributed by atoms with Crippen molar-refractivity contribution in [3.05, 3.63) is 52.8 Å². The van der Waals surface area contributed by atoms with E-state index in [-0.39, 0.29) is 44.5 Å². The quantitative estimate of drug-likeness (QED) is 0.0858. The number of carbonyl (C=O) groups excluding carboxylic acids is 3. The highest BCUT2D eigenvalue weighted by Gasteiger charge is 2.51. The number of likely N-dealkylation sites (N-methyl/N-ethyl adjacent to an activating group) is 1. The topological polar surface area (TPSA) is 279 Å². The van der Waals surface area contributed by atoms with Crippen LogP contribution in [0.1, 0.15) is 70.0 Å². The monoisotopic (exact) mass is 954 g/mol. The van der Waals surface area contributed by atoms with E-state index >= 15 is 0 Å². The number of aromatic hydroxyl groups is 3. The predicted molar refractivity (Wildman–Crippen MR) is 247 cm³/mol. The third-order valence-corrected chi connectivity index (χ3v) is 13.6. The molecule has 0 unspecified atom stereocenters. The number of amides is 1. The summed E-state index contributed by atoms with van der Waals surface area (Å²) < 4.78 is 36.1. The summed E-state index contributed by atoms with van der Waals surface area (Å²) in [5, 5.41) is 87.4. The molecule has 20 nitrogen and oxygen atoms in total. The maximum absolute atomic E-state index is 14.6. The third kappa shape index (κ3) is 10.2. The van der Waals surface area contributed by atoms with E-state index in [2.05, 4.69) is 15.3 Å². The predicted octanol–water partition coefficient (Wildman–Crippen LogP) is 2.80. The first-order valence-corrected chi connectivity index (χ1v) is 22.7. The molecule has 0 aliphatic carbocycles. The van der Waals surface area contributed by atoms with Crippen molar-refractivity contribution in [2.75, 3.05) is 52.3 Å². The summed E-state index contributed by atoms with van der Waals surface area (Å²) in [6.45, 7) is 14.2. The van der Waals surface area contributed by atoms with Gasteiger partial charge in [-0.1, -0.05) is 45.9 Å². The molecule has 5 aliphatic heterocycles. The van der Waals surface area contributed by atoms with Crippen LogP contribution in [0, 0.1) is 30.6 Å². The Morgan fingerprint density at radius 2 is 1.60 bits per heavy atom. The molecule has 2 aromatic carbocycles. The zero-order valence-electron chi connectivity index (χ0n) is 40.1. The standard InChI is InChI=1S/C48H66N4O16/c1-22-12-11-13-23(2)46(62)50-35-29(20-49-52-17-15-51(9)16-18-52)38(57)32-33(40(35)59)37(56)26(5)44-34(32)45(61)48(8,68-44)64-19-14-30(63-10)24(3)42(65-28(7)54)27(6)43(25(4)36(22)55)67-47-41(60)39(58)31(21-53)66-47/h11-14,19-20,22,24-25,27,30-31,36,39,41-43,47,53,55-60H,15-18,21H2,1-10H3,(H,50,62)/b12-11+,19-14+,23-13-,49-20?/t22-,24+,25+,27-,30-,31+,36-,39+,41+,42+,43+,47+,48-/m0/s1. The van der Waals surface area contributed by atoms with E-state index < -0.39 is 120 Å². The molecule has 8 N–H and O–H groups in total. The van der Waals surface area contributed by atoms with Gasteiger partial charge in [0, 0.05) is 87.3 Å². The van der Waals surface area contributed by atoms with Crippen molar-refractivity contribution < 1.29 is 78.6 Å². The number of Topliss-reactive ketones (excluding diaryl/α,β-unsaturated/α-hetero) is 1. The summed E-state index contributed by atoms with van der Waals surface area (Å²) in [6.07, 6.45) is -1.31. The largest absolute Gasteiger partial charge is 0.507 e. The Hall–Kier alpha value is -5.32. The molecule has 1 amide bonds. The van der Waals surface area contributed by atoms with Crippen LogP contribution < -0.4 is 10.1 Å². The number of aliphatic hydroxyl groups excluding tert-OH is 4. The van der Waals surface area contributed by atoms with E-state index in [1.54, 1.807) is 44.9 Å². The van der Waals surface area contributed by atoms with E-state index in [1.165, 1.54) is 59.4 Å². The van der Waals surface area contributed by atoms with E-state index in [0.29, 0.717) is 26.2 Å². The number of hydrogen-bond acceptors (Lipinski definition) is 19. The van der Waals surface area contributed by atoms with Crippen LogP contribution in [-0.2, 0) is 33.3 Å². The number of fused-ring (bicyclic) bond motifs is 14. The van der Waals surface area contributed by atoms with Crippen LogP contribution in [0.25, 0.3) is 10.8 Å². The Kier molecular flexibility index (Phi) is 16.2. The lowest BCUT2D eigenvalue weighted by molar-refractivity contribution is -0.231. The molecule has 0 aromatic heterocycles. The minimum Gasteiger partial charge on any atom is -0.507 e. The Balaban J connectivity index is 1.50. The van der Waals surface area contributed by atoms with Crippen molar-refractivity contribution in [3.63, 3.8) is 0 Å². The van der Waals surface area contributed by atoms with Gasteiger partial charge in [-0.25, -0.2) is 0 Å². The highest BCUT2D eigenvalue weighted by molar-refractivity contribution is 6.23. The molecule has 2 fully saturated rings. The molecule has 2 aromatic rings. The minimum absolute atomic E-state index is 0.0237. The highest BCUT2D eigenvalue weighted by atomic mass is 16.7. The van der Waals surface area contributed by atoms with Crippen molar-refractivity contribution in [3.8, 4) is 23.0 Å². The summed E-state index contributed by atoms with van der Waals surface area (Å²) in [6, 6.07) is 0. The van der Waals surface area contributed by atoms with Gasteiger partial charge in [0.25, 0.3) is 11.7 Å². The van der Waals surface area contributed by atoms with Crippen molar-refractivity contribution in [1.29, 1.82) is 0 Å². The number of ether oxygens (including phenoxy) is 6. The molecule has 5 bridgehead atoms. The van der Waals surface area contributed by atoms with Crippen LogP contribution in [-0.4, -0.2) is 171 Å². The number of phenolic OH excluding ortho intramolecular Hbond substituents is 3. The van der Waals surface area contributed by atoms with Crippen molar-refractivity contribution in [1.82, 2.24) is 9.91 Å². The van der Waals surface area contributed by atoms with E-state index in [4.69, 9.17) is 28.4 Å². The van der Waals surface area contributed by atoms with Crippen LogP contribution in [0.3, 0.4) is 0 Å². The van der Waals surface area contributed by atoms with E-state index in [1.807, 2.05) is 7.05 Å². The van der Waals surface area contributed by atoms with Crippen molar-refractivity contribution in [2.45, 2.75) is 110 Å². The fourth-order valence-corrected chi connectivity index (χ4v) is 9.29. The van der Waals surface area contributed by atoms with Crippen molar-refractivity contribution in [2.24, 2.45) is 28.8 Å². The molecular weight excluding hydrogens is 889 g/mol. The van der Waals surface area contributed by atoms with Gasteiger partial charge >= 0.3 is 11.8 Å². The zero-order chi connectivity index (χ0) is 50.1. The van der Waals surface area contributed by atoms with Crippen LogP contribution in [0.2, 0.25) is 0 Å². The Morgan fingerprint density at radius 1 is 0.926 bits per heavy atom. The molecule has 0 radical (unpaired) electrons. The lowest BCUT2D eigenvalue weighted by Gasteiger charge is -2.41. The third-order valence-electron chi connectivity index (χ3n) is 13.6. The summed E-state index contributed by atoms with van der Waals surface area (Å²) >= 11 is 0. The number of nitrogens with one attached hydrogen (secondary N) is 1. The average molecular weight is 955 g/mol. The van der Waals surface area contributed by atoms with Gasteiger partial charge in [0.15, 0.2) is 12.0 Å². The van der Waals surface area contributed by atoms with Gasteiger partial charge in [-0.2, -0.15) is 5.10 Å². The SMILES string of the molecule is CO[C@H]1/C=C/O[C@@]2(C)Oc3c(C)c(O)c4c(O)c(c(C=NN5CCN(C)CC5)c(O)c4c3C2=O)NC(=O)/C(C)=C\C=C\[C@H](C)[C@H](O)[C@@H](C)[C@@H](O[C@H]2O[C@H](CO)[C@@H](O)[C@H]2O)[C@@H](C)[C@H](OC(C)=O)[C@@H]1C. The number of methoxy groups -OCH3 is 1. The minimum atomic E-state index is -2.11. The van der Waals surface area contributed by atoms with Gasteiger partial charge in [0.2, 0.25) is 0 Å². The van der Waals surface area contributed by atoms with Crippen LogP contribution >= 0.6 is 0 Å². The summed E-state index contributed by atoms with van der Waals surface area (Å²) in [7, 11) is 3.38. The highest BCUT2D eigenvalue weighted by Crippen LogP contribution is 2.55. The normalized spacial score (nSPS) is 35.0. The van der Waals surface area contributed by atoms with Crippen LogP contribution in [0.5, 0.6) is 23.0 Å². The number of carbonyl (C=O) groups is 3. The number of allylic oxidation sites excluding steroid dienone is 2. The van der Waals surface area contributed by atoms with Crippen LogP contribution in [0.4, 0.5) is 5.69 Å². The van der Waals surface area contributed by atoms with E-state index in [9.17, 15) is 50.1 Å². The van der Waals surface area contributed by atoms with Gasteiger partial charge in [0.05, 0.1) is 59.6 Å². The molecule has 2 saturated heterocycles. The molecular formula is C48H66N4O16. The first kappa shape index (κ1) is 52.1. The van der Waals surface area contributed by atoms with Crippen molar-refractivity contribution >= 4 is 40.3 Å². The fourth-order valence-electron chi connectivity index (χ4n) is 9.29. The smallest absolute Gasteiger partial charge is 0.312 e. The summed E-state index contributed by atoms with van der Waals surface area (Å²) in [4.78, 5) is 43.4. The second-order valence-corrected chi connectivity index (χ2v) is 18.4. The van der Waals surface area contributed by atoms with E-state index in [0.717, 1.165) is 0 Å². The summed E-state index contributed by atoms with van der Waals surface area (Å²) in [5.74, 6) is -9.16. The number of ketones is 1. The molecule has 374 valence electrons. The summed E-state index contributed by atoms with van der Waals surface area (Å²) in [5.41, 5.74) is -0.537. The van der Waals surface area contributed by atoms with Gasteiger partial charge in [-0.05, 0) is 27.0 Å². The maximum Gasteiger partial charge on any atom is 0.312 e. The number of nitrogens with zero attached hydrogens (tertiary/aromatic N) is 3. The number of rotatable bonds is 7. The number of aliphatic hydroxyl groups is 4. The second-order valence-electron chi connectivity index (χ2n) is 18.4. The molecule has 68 heavy (non-hydrogen) atoms. The molecule has 0 spiro atoms. The lowest BCUT2D eigenvalue weighted by atomic mass is 9.78. The molecule has 20 heteroatoms.